The first-order valence-corrected chi connectivity index (χ1v) is 6.52. The van der Waals surface area contributed by atoms with Crippen LogP contribution in [0.25, 0.3) is 0 Å². The number of carboxylic acids is 1. The zero-order chi connectivity index (χ0) is 12.6. The van der Waals surface area contributed by atoms with E-state index >= 15 is 0 Å². The van der Waals surface area contributed by atoms with Crippen LogP contribution in [0.2, 0.25) is 5.02 Å². The molecule has 1 aromatic carbocycles. The minimum Gasteiger partial charge on any atom is -0.481 e. The molecular weight excluding hydrogens is 310 g/mol. The molecule has 0 radical (unpaired) electrons. The molecule has 1 aliphatic carbocycles. The summed E-state index contributed by atoms with van der Waals surface area (Å²) in [7, 11) is 0. The zero-order valence-electron chi connectivity index (χ0n) is 8.92. The Morgan fingerprint density at radius 2 is 2.24 bits per heavy atom. The first kappa shape index (κ1) is 12.8. The minimum atomic E-state index is -0.860. The lowest BCUT2D eigenvalue weighted by molar-refractivity contribution is -0.137. The summed E-state index contributed by atoms with van der Waals surface area (Å²) >= 11 is 8.93. The van der Waals surface area contributed by atoms with Crippen LogP contribution in [0.3, 0.4) is 0 Å². The van der Waals surface area contributed by atoms with Crippen molar-refractivity contribution in [3.63, 3.8) is 0 Å². The third-order valence-corrected chi connectivity index (χ3v) is 4.35. The highest BCUT2D eigenvalue weighted by Gasteiger charge is 2.34. The largest absolute Gasteiger partial charge is 0.481 e. The Bertz CT molecular complexity index is 437. The molecule has 2 rings (SSSR count). The highest BCUT2D eigenvalue weighted by molar-refractivity contribution is 9.10. The van der Waals surface area contributed by atoms with Gasteiger partial charge in [0, 0.05) is 0 Å². The van der Waals surface area contributed by atoms with Crippen molar-refractivity contribution in [1.82, 2.24) is 0 Å². The fourth-order valence-electron chi connectivity index (χ4n) is 2.03. The van der Waals surface area contributed by atoms with Crippen LogP contribution in [0, 0.1) is 11.7 Å². The molecule has 92 valence electrons. The Morgan fingerprint density at radius 3 is 2.71 bits per heavy atom. The van der Waals surface area contributed by atoms with Crippen LogP contribution < -0.4 is 0 Å². The second-order valence-electron chi connectivity index (χ2n) is 4.34. The van der Waals surface area contributed by atoms with Gasteiger partial charge in [-0.25, -0.2) is 4.39 Å². The fraction of sp³-hybridized carbons (Fsp3) is 0.417. The Hall–Kier alpha value is -0.610. The lowest BCUT2D eigenvalue weighted by Gasteiger charge is -2.15. The van der Waals surface area contributed by atoms with Gasteiger partial charge in [-0.2, -0.15) is 0 Å². The number of rotatable bonds is 4. The Kier molecular flexibility index (Phi) is 3.73. The van der Waals surface area contributed by atoms with Crippen molar-refractivity contribution >= 4 is 33.5 Å². The van der Waals surface area contributed by atoms with E-state index in [0.717, 1.165) is 12.8 Å². The number of halogens is 3. The molecule has 2 nitrogen and oxygen atoms in total. The third-order valence-electron chi connectivity index (χ3n) is 3.02. The Balaban J connectivity index is 2.32. The number of carbonyl (C=O) groups is 1. The predicted molar refractivity (Wildman–Crippen MR) is 66.8 cm³/mol. The second kappa shape index (κ2) is 4.94. The van der Waals surface area contributed by atoms with Crippen LogP contribution in [0.15, 0.2) is 16.6 Å². The molecule has 1 aromatic rings. The molecule has 1 aliphatic rings. The summed E-state index contributed by atoms with van der Waals surface area (Å²) in [5, 5.41) is 9.17. The van der Waals surface area contributed by atoms with Crippen molar-refractivity contribution in [2.45, 2.75) is 25.2 Å². The summed E-state index contributed by atoms with van der Waals surface area (Å²) in [4.78, 5) is 10.8. The molecule has 0 bridgehead atoms. The summed E-state index contributed by atoms with van der Waals surface area (Å²) in [6.45, 7) is 0. The van der Waals surface area contributed by atoms with Gasteiger partial charge in [-0.05, 0) is 58.3 Å². The molecule has 0 saturated heterocycles. The molecular formula is C12H11BrClFO2. The fourth-order valence-corrected chi connectivity index (χ4v) is 2.48. The SMILES string of the molecule is O=C(O)CC(c1cc(F)c(Br)c(Cl)c1)C1CC1. The van der Waals surface area contributed by atoms with Crippen molar-refractivity contribution < 1.29 is 14.3 Å². The van der Waals surface area contributed by atoms with Crippen LogP contribution in [0.5, 0.6) is 0 Å². The van der Waals surface area contributed by atoms with Gasteiger partial charge in [0.15, 0.2) is 0 Å². The molecule has 0 heterocycles. The minimum absolute atomic E-state index is 0.0298. The number of benzene rings is 1. The smallest absolute Gasteiger partial charge is 0.303 e. The van der Waals surface area contributed by atoms with Gasteiger partial charge in [0.25, 0.3) is 0 Å². The van der Waals surface area contributed by atoms with Crippen LogP contribution in [-0.2, 0) is 4.79 Å². The molecule has 1 saturated carbocycles. The summed E-state index contributed by atoms with van der Waals surface area (Å²) in [6, 6.07) is 3.03. The van der Waals surface area contributed by atoms with E-state index in [4.69, 9.17) is 16.7 Å². The average Bonchev–Trinajstić information content (AvgIpc) is 3.05. The van der Waals surface area contributed by atoms with Crippen LogP contribution >= 0.6 is 27.5 Å². The van der Waals surface area contributed by atoms with E-state index in [0.29, 0.717) is 11.5 Å². The zero-order valence-corrected chi connectivity index (χ0v) is 11.3. The van der Waals surface area contributed by atoms with Gasteiger partial charge in [-0.15, -0.1) is 0 Å². The lowest BCUT2D eigenvalue weighted by Crippen LogP contribution is -2.08. The summed E-state index contributed by atoms with van der Waals surface area (Å²) in [5.74, 6) is -1.08. The van der Waals surface area contributed by atoms with Crippen molar-refractivity contribution in [1.29, 1.82) is 0 Å². The van der Waals surface area contributed by atoms with Crippen molar-refractivity contribution in [2.75, 3.05) is 0 Å². The van der Waals surface area contributed by atoms with Gasteiger partial charge in [0.2, 0.25) is 0 Å². The Labute approximate surface area is 112 Å². The molecule has 1 fully saturated rings. The van der Waals surface area contributed by atoms with Crippen LogP contribution in [0.4, 0.5) is 4.39 Å². The molecule has 1 atom stereocenters. The summed E-state index contributed by atoms with van der Waals surface area (Å²) in [6.07, 6.45) is 2.04. The number of aliphatic carboxylic acids is 1. The van der Waals surface area contributed by atoms with Crippen molar-refractivity contribution in [2.24, 2.45) is 5.92 Å². The number of hydrogen-bond acceptors (Lipinski definition) is 1. The van der Waals surface area contributed by atoms with Gasteiger partial charge in [-0.3, -0.25) is 4.79 Å². The molecule has 5 heteroatoms. The molecule has 0 spiro atoms. The maximum atomic E-state index is 13.5. The van der Waals surface area contributed by atoms with E-state index in [2.05, 4.69) is 15.9 Å². The summed E-state index contributed by atoms with van der Waals surface area (Å²) in [5.41, 5.74) is 0.681. The van der Waals surface area contributed by atoms with E-state index in [-0.39, 0.29) is 21.8 Å². The highest BCUT2D eigenvalue weighted by atomic mass is 79.9. The molecule has 1 N–H and O–H groups in total. The maximum Gasteiger partial charge on any atom is 0.303 e. The third kappa shape index (κ3) is 2.99. The number of carboxylic acid groups (broad SMARTS) is 1. The van der Waals surface area contributed by atoms with E-state index in [9.17, 15) is 9.18 Å². The predicted octanol–water partition coefficient (Wildman–Crippen LogP) is 4.21. The normalized spacial score (nSPS) is 16.9. The topological polar surface area (TPSA) is 37.3 Å². The van der Waals surface area contributed by atoms with Gasteiger partial charge < -0.3 is 5.11 Å². The van der Waals surface area contributed by atoms with Gasteiger partial charge in [0.05, 0.1) is 15.9 Å². The van der Waals surface area contributed by atoms with Crippen LogP contribution in [0.1, 0.15) is 30.7 Å². The van der Waals surface area contributed by atoms with E-state index < -0.39 is 11.8 Å². The standard InChI is InChI=1S/C12H11BrClFO2/c13-12-9(14)3-7(4-10(12)15)8(5-11(16)17)6-1-2-6/h3-4,6,8H,1-2,5H2,(H,16,17). The van der Waals surface area contributed by atoms with Gasteiger partial charge in [0.1, 0.15) is 5.82 Å². The monoisotopic (exact) mass is 320 g/mol. The summed E-state index contributed by atoms with van der Waals surface area (Å²) < 4.78 is 13.8. The van der Waals surface area contributed by atoms with Crippen LogP contribution in [-0.4, -0.2) is 11.1 Å². The molecule has 0 amide bonds. The maximum absolute atomic E-state index is 13.5. The van der Waals surface area contributed by atoms with E-state index in [1.807, 2.05) is 0 Å². The first-order valence-electron chi connectivity index (χ1n) is 5.35. The first-order chi connectivity index (χ1) is 7.99. The Morgan fingerprint density at radius 1 is 1.59 bits per heavy atom. The number of hydrogen-bond donors (Lipinski definition) is 1. The highest BCUT2D eigenvalue weighted by Crippen LogP contribution is 2.45. The molecule has 17 heavy (non-hydrogen) atoms. The lowest BCUT2D eigenvalue weighted by atomic mass is 9.91. The molecule has 1 unspecified atom stereocenters. The van der Waals surface area contributed by atoms with Gasteiger partial charge >= 0.3 is 5.97 Å². The van der Waals surface area contributed by atoms with Crippen molar-refractivity contribution in [3.05, 3.63) is 33.0 Å². The van der Waals surface area contributed by atoms with E-state index in [1.165, 1.54) is 6.07 Å². The second-order valence-corrected chi connectivity index (χ2v) is 5.54. The van der Waals surface area contributed by atoms with Crippen molar-refractivity contribution in [3.8, 4) is 0 Å². The quantitative estimate of drug-likeness (QED) is 0.844. The van der Waals surface area contributed by atoms with E-state index in [1.54, 1.807) is 6.07 Å². The van der Waals surface area contributed by atoms with Gasteiger partial charge in [-0.1, -0.05) is 11.6 Å². The molecule has 0 aliphatic heterocycles. The average molecular weight is 322 g/mol. The molecule has 0 aromatic heterocycles.